The third-order valence-corrected chi connectivity index (χ3v) is 7.27. The molecule has 0 atom stereocenters. The second kappa shape index (κ2) is 8.69. The van der Waals surface area contributed by atoms with Crippen molar-refractivity contribution in [2.24, 2.45) is 7.05 Å². The number of nitrogens with zero attached hydrogens (tertiary/aromatic N) is 4. The molecule has 1 aliphatic heterocycles. The lowest BCUT2D eigenvalue weighted by molar-refractivity contribution is 0.0204. The number of benzene rings is 1. The molecule has 3 aromatic rings. The van der Waals surface area contributed by atoms with Gasteiger partial charge in [0.05, 0.1) is 4.90 Å². The summed E-state index contributed by atoms with van der Waals surface area (Å²) in [6, 6.07) is 8.86. The molecule has 182 valence electrons. The van der Waals surface area contributed by atoms with Crippen molar-refractivity contribution in [2.45, 2.75) is 57.0 Å². The lowest BCUT2D eigenvalue weighted by Crippen LogP contribution is -2.41. The Hall–Kier alpha value is -2.94. The summed E-state index contributed by atoms with van der Waals surface area (Å²) in [6.45, 7) is 8.95. The summed E-state index contributed by atoms with van der Waals surface area (Å²) in [4.78, 5) is 24.2. The lowest BCUT2D eigenvalue weighted by Gasteiger charge is -2.33. The highest BCUT2D eigenvalue weighted by Gasteiger charge is 2.28. The van der Waals surface area contributed by atoms with Crippen LogP contribution in [0.4, 0.5) is 4.79 Å². The molecule has 8 nitrogen and oxygen atoms in total. The summed E-state index contributed by atoms with van der Waals surface area (Å²) in [5, 5.41) is 0. The molecule has 0 spiro atoms. The fourth-order valence-electron chi connectivity index (χ4n) is 4.33. The van der Waals surface area contributed by atoms with E-state index in [1.807, 2.05) is 39.3 Å². The van der Waals surface area contributed by atoms with Gasteiger partial charge < -0.3 is 14.2 Å². The molecule has 1 aliphatic rings. The SMILES string of the molecule is Cc1cc(C2CCN(C(=O)OC(C)(C)C)CC2)nc2c1nc(-c1ccc(S(C)(=O)=O)cc1)n2C. The van der Waals surface area contributed by atoms with Gasteiger partial charge >= 0.3 is 6.09 Å². The number of aryl methyl sites for hydroxylation is 2. The van der Waals surface area contributed by atoms with E-state index in [9.17, 15) is 13.2 Å². The van der Waals surface area contributed by atoms with E-state index in [0.29, 0.717) is 13.1 Å². The van der Waals surface area contributed by atoms with Crippen molar-refractivity contribution in [1.29, 1.82) is 0 Å². The maximum Gasteiger partial charge on any atom is 0.410 e. The molecule has 2 aromatic heterocycles. The second-order valence-corrected chi connectivity index (χ2v) is 12.1. The van der Waals surface area contributed by atoms with Crippen LogP contribution in [0.2, 0.25) is 0 Å². The quantitative estimate of drug-likeness (QED) is 0.545. The van der Waals surface area contributed by atoms with Gasteiger partial charge in [-0.3, -0.25) is 0 Å². The van der Waals surface area contributed by atoms with Crippen molar-refractivity contribution in [1.82, 2.24) is 19.4 Å². The van der Waals surface area contributed by atoms with E-state index in [1.54, 1.807) is 29.2 Å². The number of carbonyl (C=O) groups excluding carboxylic acids is 1. The number of likely N-dealkylation sites (tertiary alicyclic amines) is 1. The summed E-state index contributed by atoms with van der Waals surface area (Å²) in [7, 11) is -1.32. The van der Waals surface area contributed by atoms with Crippen LogP contribution in [-0.2, 0) is 21.6 Å². The Balaban J connectivity index is 1.58. The average Bonchev–Trinajstić information content (AvgIpc) is 3.09. The molecule has 0 bridgehead atoms. The first-order valence-electron chi connectivity index (χ1n) is 11.5. The highest BCUT2D eigenvalue weighted by atomic mass is 32.2. The predicted molar refractivity (Wildman–Crippen MR) is 132 cm³/mol. The minimum atomic E-state index is -3.25. The Labute approximate surface area is 200 Å². The number of aromatic nitrogens is 3. The summed E-state index contributed by atoms with van der Waals surface area (Å²) >= 11 is 0. The van der Waals surface area contributed by atoms with Crippen molar-refractivity contribution in [3.8, 4) is 11.4 Å². The molecule has 0 radical (unpaired) electrons. The van der Waals surface area contributed by atoms with Crippen LogP contribution in [0.1, 0.15) is 50.8 Å². The van der Waals surface area contributed by atoms with Crippen LogP contribution < -0.4 is 0 Å². The maximum atomic E-state index is 12.4. The lowest BCUT2D eigenvalue weighted by atomic mass is 9.92. The predicted octanol–water partition coefficient (Wildman–Crippen LogP) is 4.46. The van der Waals surface area contributed by atoms with Gasteiger partial charge in [-0.15, -0.1) is 0 Å². The molecule has 3 heterocycles. The minimum Gasteiger partial charge on any atom is -0.444 e. The molecule has 1 aromatic carbocycles. The van der Waals surface area contributed by atoms with E-state index < -0.39 is 15.4 Å². The van der Waals surface area contributed by atoms with Gasteiger partial charge in [-0.25, -0.2) is 23.2 Å². The number of hydrogen-bond donors (Lipinski definition) is 0. The third kappa shape index (κ3) is 4.94. The number of hydrogen-bond acceptors (Lipinski definition) is 6. The zero-order valence-corrected chi connectivity index (χ0v) is 21.4. The minimum absolute atomic E-state index is 0.259. The number of amides is 1. The highest BCUT2D eigenvalue weighted by molar-refractivity contribution is 7.90. The molecule has 0 aliphatic carbocycles. The number of rotatable bonds is 3. The normalized spacial score (nSPS) is 15.6. The first-order chi connectivity index (χ1) is 15.8. The van der Waals surface area contributed by atoms with E-state index >= 15 is 0 Å². The standard InChI is InChI=1S/C25H32N4O4S/c1-16-15-20(17-11-13-29(14-12-17)24(30)33-25(2,3)4)26-23-21(16)27-22(28(23)5)18-7-9-19(10-8-18)34(6,31)32/h7-10,15,17H,11-14H2,1-6H3. The molecule has 1 amide bonds. The van der Waals surface area contributed by atoms with Gasteiger partial charge in [-0.2, -0.15) is 0 Å². The number of carbonyl (C=O) groups is 1. The van der Waals surface area contributed by atoms with Gasteiger partial charge in [0, 0.05) is 43.6 Å². The number of sulfone groups is 1. The Morgan fingerprint density at radius 2 is 1.71 bits per heavy atom. The molecule has 0 unspecified atom stereocenters. The van der Waals surface area contributed by atoms with Gasteiger partial charge in [-0.05, 0) is 76.4 Å². The molecule has 0 saturated carbocycles. The number of piperidine rings is 1. The van der Waals surface area contributed by atoms with E-state index in [2.05, 4.69) is 6.07 Å². The largest absolute Gasteiger partial charge is 0.444 e. The average molecular weight is 485 g/mol. The van der Waals surface area contributed by atoms with Crippen LogP contribution in [0.5, 0.6) is 0 Å². The molecular weight excluding hydrogens is 452 g/mol. The fourth-order valence-corrected chi connectivity index (χ4v) is 4.96. The van der Waals surface area contributed by atoms with E-state index in [0.717, 1.165) is 46.7 Å². The van der Waals surface area contributed by atoms with Crippen molar-refractivity contribution in [2.75, 3.05) is 19.3 Å². The number of fused-ring (bicyclic) bond motifs is 1. The van der Waals surface area contributed by atoms with Crippen molar-refractivity contribution >= 4 is 27.1 Å². The zero-order valence-electron chi connectivity index (χ0n) is 20.6. The van der Waals surface area contributed by atoms with Crippen LogP contribution in [0, 0.1) is 6.92 Å². The molecule has 4 rings (SSSR count). The van der Waals surface area contributed by atoms with Gasteiger partial charge in [0.2, 0.25) is 0 Å². The highest BCUT2D eigenvalue weighted by Crippen LogP contribution is 2.32. The smallest absolute Gasteiger partial charge is 0.410 e. The Morgan fingerprint density at radius 3 is 2.26 bits per heavy atom. The molecule has 0 N–H and O–H groups in total. The second-order valence-electron chi connectivity index (χ2n) is 10.1. The van der Waals surface area contributed by atoms with Crippen LogP contribution in [0.3, 0.4) is 0 Å². The summed E-state index contributed by atoms with van der Waals surface area (Å²) in [6.07, 6.45) is 2.59. The first-order valence-corrected chi connectivity index (χ1v) is 13.3. The summed E-state index contributed by atoms with van der Waals surface area (Å²) in [5.74, 6) is 0.997. The van der Waals surface area contributed by atoms with Crippen molar-refractivity contribution < 1.29 is 17.9 Å². The Morgan fingerprint density at radius 1 is 1.09 bits per heavy atom. The molecule has 1 fully saturated rings. The Bertz CT molecular complexity index is 1330. The zero-order chi connectivity index (χ0) is 24.8. The third-order valence-electron chi connectivity index (χ3n) is 6.14. The Kier molecular flexibility index (Phi) is 6.18. The topological polar surface area (TPSA) is 94.4 Å². The van der Waals surface area contributed by atoms with Crippen molar-refractivity contribution in [3.05, 3.63) is 41.6 Å². The van der Waals surface area contributed by atoms with Gasteiger partial charge in [0.1, 0.15) is 16.9 Å². The van der Waals surface area contributed by atoms with Gasteiger partial charge in [0.15, 0.2) is 15.5 Å². The molecule has 34 heavy (non-hydrogen) atoms. The van der Waals surface area contributed by atoms with Crippen LogP contribution in [-0.4, -0.2) is 58.9 Å². The molecule has 9 heteroatoms. The summed E-state index contributed by atoms with van der Waals surface area (Å²) < 4.78 is 31.0. The number of pyridine rings is 1. The molecular formula is C25H32N4O4S. The maximum absolute atomic E-state index is 12.4. The number of ether oxygens (including phenoxy) is 1. The van der Waals surface area contributed by atoms with Crippen molar-refractivity contribution in [3.63, 3.8) is 0 Å². The first kappa shape index (κ1) is 24.2. The van der Waals surface area contributed by atoms with Crippen LogP contribution >= 0.6 is 0 Å². The van der Waals surface area contributed by atoms with Gasteiger partial charge in [-0.1, -0.05) is 0 Å². The molecule has 1 saturated heterocycles. The van der Waals surface area contributed by atoms with E-state index in [4.69, 9.17) is 14.7 Å². The van der Waals surface area contributed by atoms with Crippen LogP contribution in [0.15, 0.2) is 35.2 Å². The number of imidazole rings is 1. The fraction of sp³-hybridized carbons (Fsp3) is 0.480. The van der Waals surface area contributed by atoms with E-state index in [-0.39, 0.29) is 16.9 Å². The monoisotopic (exact) mass is 484 g/mol. The van der Waals surface area contributed by atoms with Crippen LogP contribution in [0.25, 0.3) is 22.6 Å². The van der Waals surface area contributed by atoms with Gasteiger partial charge in [0.25, 0.3) is 0 Å². The summed E-state index contributed by atoms with van der Waals surface area (Å²) in [5.41, 5.74) is 4.02. The van der Waals surface area contributed by atoms with E-state index in [1.165, 1.54) is 6.26 Å².